The predicted molar refractivity (Wildman–Crippen MR) is 106 cm³/mol. The number of hydrogen-bond acceptors (Lipinski definition) is 7. The Balaban J connectivity index is 1.59. The van der Waals surface area contributed by atoms with Crippen molar-refractivity contribution in [3.8, 4) is 22.8 Å². The maximum absolute atomic E-state index is 12.3. The van der Waals surface area contributed by atoms with Gasteiger partial charge in [-0.2, -0.15) is 0 Å². The second-order valence-corrected chi connectivity index (χ2v) is 6.43. The van der Waals surface area contributed by atoms with Crippen LogP contribution in [-0.2, 0) is 9.53 Å². The van der Waals surface area contributed by atoms with Crippen molar-refractivity contribution < 1.29 is 23.8 Å². The predicted octanol–water partition coefficient (Wildman–Crippen LogP) is 3.62. The van der Waals surface area contributed by atoms with Crippen LogP contribution in [0.3, 0.4) is 0 Å². The first-order chi connectivity index (χ1) is 13.6. The molecule has 0 radical (unpaired) electrons. The number of rotatable bonds is 7. The summed E-state index contributed by atoms with van der Waals surface area (Å²) in [6.07, 6.45) is 0. The van der Waals surface area contributed by atoms with Crippen LogP contribution < -0.4 is 14.8 Å². The molecule has 0 atom stereocenters. The molecule has 0 fully saturated rings. The maximum Gasteiger partial charge on any atom is 0.342 e. The molecule has 1 N–H and O–H groups in total. The zero-order valence-corrected chi connectivity index (χ0v) is 16.1. The first kappa shape index (κ1) is 19.4. The minimum Gasteiger partial charge on any atom is -0.493 e. The highest BCUT2D eigenvalue weighted by Gasteiger charge is 2.19. The van der Waals surface area contributed by atoms with E-state index >= 15 is 0 Å². The number of nitrogens with one attached hydrogen (secondary N) is 1. The Morgan fingerprint density at radius 3 is 2.54 bits per heavy atom. The SMILES string of the molecule is COc1cccc(C(=O)OCC(=O)Nc2nc(-c3ccccc3)cs2)c1OC. The van der Waals surface area contributed by atoms with Crippen molar-refractivity contribution in [1.29, 1.82) is 0 Å². The molecular formula is C20H18N2O5S. The van der Waals surface area contributed by atoms with Crippen molar-refractivity contribution in [2.24, 2.45) is 0 Å². The lowest BCUT2D eigenvalue weighted by Crippen LogP contribution is -2.21. The fourth-order valence-corrected chi connectivity index (χ4v) is 3.22. The topological polar surface area (TPSA) is 86.8 Å². The van der Waals surface area contributed by atoms with Gasteiger partial charge in [0.05, 0.1) is 19.9 Å². The highest BCUT2D eigenvalue weighted by molar-refractivity contribution is 7.14. The molecule has 3 aromatic rings. The Labute approximate surface area is 165 Å². The third kappa shape index (κ3) is 4.47. The van der Waals surface area contributed by atoms with Crippen molar-refractivity contribution in [1.82, 2.24) is 4.98 Å². The van der Waals surface area contributed by atoms with Crippen LogP contribution in [0.1, 0.15) is 10.4 Å². The molecule has 0 spiro atoms. The number of esters is 1. The van der Waals surface area contributed by atoms with E-state index in [0.717, 1.165) is 11.3 Å². The molecule has 28 heavy (non-hydrogen) atoms. The fourth-order valence-electron chi connectivity index (χ4n) is 2.48. The summed E-state index contributed by atoms with van der Waals surface area (Å²) < 4.78 is 15.4. The van der Waals surface area contributed by atoms with E-state index in [1.807, 2.05) is 35.7 Å². The highest BCUT2D eigenvalue weighted by atomic mass is 32.1. The summed E-state index contributed by atoms with van der Waals surface area (Å²) in [5, 5.41) is 4.90. The van der Waals surface area contributed by atoms with Gasteiger partial charge in [-0.15, -0.1) is 11.3 Å². The fraction of sp³-hybridized carbons (Fsp3) is 0.150. The van der Waals surface area contributed by atoms with Crippen molar-refractivity contribution >= 4 is 28.3 Å². The molecule has 144 valence electrons. The number of thiazole rings is 1. The van der Waals surface area contributed by atoms with Gasteiger partial charge in [-0.1, -0.05) is 36.4 Å². The highest BCUT2D eigenvalue weighted by Crippen LogP contribution is 2.31. The molecule has 1 heterocycles. The van der Waals surface area contributed by atoms with Gasteiger partial charge in [-0.3, -0.25) is 10.1 Å². The number of para-hydroxylation sites is 1. The van der Waals surface area contributed by atoms with Crippen LogP contribution in [0.15, 0.2) is 53.9 Å². The van der Waals surface area contributed by atoms with Gasteiger partial charge in [0.1, 0.15) is 5.56 Å². The molecule has 0 saturated carbocycles. The van der Waals surface area contributed by atoms with E-state index < -0.39 is 18.5 Å². The summed E-state index contributed by atoms with van der Waals surface area (Å²) in [6.45, 7) is -0.445. The normalized spacial score (nSPS) is 10.2. The number of anilines is 1. The average molecular weight is 398 g/mol. The van der Waals surface area contributed by atoms with Crippen molar-refractivity contribution in [2.45, 2.75) is 0 Å². The average Bonchev–Trinajstić information content (AvgIpc) is 3.20. The zero-order valence-electron chi connectivity index (χ0n) is 15.3. The molecule has 1 aromatic heterocycles. The van der Waals surface area contributed by atoms with E-state index in [1.165, 1.54) is 31.6 Å². The van der Waals surface area contributed by atoms with E-state index in [2.05, 4.69) is 10.3 Å². The minimum absolute atomic E-state index is 0.176. The Hall–Kier alpha value is -3.39. The molecule has 0 aliphatic rings. The number of aromatic nitrogens is 1. The largest absolute Gasteiger partial charge is 0.493 e. The van der Waals surface area contributed by atoms with Crippen LogP contribution in [0.25, 0.3) is 11.3 Å². The molecule has 0 unspecified atom stereocenters. The summed E-state index contributed by atoms with van der Waals surface area (Å²) in [4.78, 5) is 28.7. The molecule has 1 amide bonds. The van der Waals surface area contributed by atoms with Crippen LogP contribution in [0.4, 0.5) is 5.13 Å². The molecule has 3 rings (SSSR count). The lowest BCUT2D eigenvalue weighted by atomic mass is 10.2. The van der Waals surface area contributed by atoms with Crippen LogP contribution >= 0.6 is 11.3 Å². The number of benzene rings is 2. The number of methoxy groups -OCH3 is 2. The van der Waals surface area contributed by atoms with Gasteiger partial charge in [0.25, 0.3) is 5.91 Å². The zero-order chi connectivity index (χ0) is 19.9. The lowest BCUT2D eigenvalue weighted by molar-refractivity contribution is -0.119. The Kier molecular flexibility index (Phi) is 6.23. The maximum atomic E-state index is 12.3. The first-order valence-electron chi connectivity index (χ1n) is 8.31. The van der Waals surface area contributed by atoms with Gasteiger partial charge in [0, 0.05) is 10.9 Å². The molecule has 0 bridgehead atoms. The first-order valence-corrected chi connectivity index (χ1v) is 9.19. The number of ether oxygens (including phenoxy) is 3. The smallest absolute Gasteiger partial charge is 0.342 e. The molecule has 0 aliphatic heterocycles. The number of nitrogens with zero attached hydrogens (tertiary/aromatic N) is 1. The second-order valence-electron chi connectivity index (χ2n) is 5.57. The van der Waals surface area contributed by atoms with Crippen molar-refractivity contribution in [2.75, 3.05) is 26.1 Å². The number of carbonyl (C=O) groups excluding carboxylic acids is 2. The third-order valence-corrected chi connectivity index (χ3v) is 4.54. The summed E-state index contributed by atoms with van der Waals surface area (Å²) in [7, 11) is 2.90. The van der Waals surface area contributed by atoms with Gasteiger partial charge in [-0.25, -0.2) is 9.78 Å². The number of carbonyl (C=O) groups is 2. The van der Waals surface area contributed by atoms with E-state index in [9.17, 15) is 9.59 Å². The van der Waals surface area contributed by atoms with E-state index in [1.54, 1.807) is 12.1 Å². The Morgan fingerprint density at radius 1 is 1.04 bits per heavy atom. The van der Waals surface area contributed by atoms with Gasteiger partial charge in [0.2, 0.25) is 0 Å². The number of hydrogen-bond donors (Lipinski definition) is 1. The van der Waals surface area contributed by atoms with E-state index in [0.29, 0.717) is 10.9 Å². The van der Waals surface area contributed by atoms with Crippen LogP contribution in [-0.4, -0.2) is 37.7 Å². The summed E-state index contributed by atoms with van der Waals surface area (Å²) in [6, 6.07) is 14.5. The van der Waals surface area contributed by atoms with Gasteiger partial charge in [0.15, 0.2) is 23.2 Å². The molecule has 7 nitrogen and oxygen atoms in total. The molecule has 0 aliphatic carbocycles. The van der Waals surface area contributed by atoms with Crippen LogP contribution in [0, 0.1) is 0 Å². The monoisotopic (exact) mass is 398 g/mol. The Morgan fingerprint density at radius 2 is 1.82 bits per heavy atom. The van der Waals surface area contributed by atoms with Gasteiger partial charge < -0.3 is 14.2 Å². The molecule has 0 saturated heterocycles. The van der Waals surface area contributed by atoms with E-state index in [4.69, 9.17) is 14.2 Å². The molecular weight excluding hydrogens is 380 g/mol. The second kappa shape index (κ2) is 9.01. The quantitative estimate of drug-likeness (QED) is 0.612. The summed E-state index contributed by atoms with van der Waals surface area (Å²) in [5.74, 6) is -0.514. The van der Waals surface area contributed by atoms with E-state index in [-0.39, 0.29) is 11.3 Å². The summed E-state index contributed by atoms with van der Waals surface area (Å²) in [5.41, 5.74) is 1.89. The van der Waals surface area contributed by atoms with Gasteiger partial charge >= 0.3 is 5.97 Å². The minimum atomic E-state index is -0.685. The standard InChI is InChI=1S/C20H18N2O5S/c1-25-16-10-6-9-14(18(16)26-2)19(24)27-11-17(23)22-20-21-15(12-28-20)13-7-4-3-5-8-13/h3-10,12H,11H2,1-2H3,(H,21,22,23). The van der Waals surface area contributed by atoms with Crippen molar-refractivity contribution in [3.05, 3.63) is 59.5 Å². The molecule has 2 aromatic carbocycles. The molecule has 8 heteroatoms. The summed E-state index contributed by atoms with van der Waals surface area (Å²) >= 11 is 1.29. The van der Waals surface area contributed by atoms with Crippen LogP contribution in [0.5, 0.6) is 11.5 Å². The number of amides is 1. The van der Waals surface area contributed by atoms with Crippen LogP contribution in [0.2, 0.25) is 0 Å². The lowest BCUT2D eigenvalue weighted by Gasteiger charge is -2.11. The third-order valence-electron chi connectivity index (χ3n) is 3.78. The van der Waals surface area contributed by atoms with Gasteiger partial charge in [-0.05, 0) is 12.1 Å². The Bertz CT molecular complexity index is 972. The van der Waals surface area contributed by atoms with Crippen molar-refractivity contribution in [3.63, 3.8) is 0 Å².